The molecule has 1 aromatic rings. The van der Waals surface area contributed by atoms with Gasteiger partial charge in [-0.15, -0.1) is 0 Å². The molecule has 1 aliphatic carbocycles. The number of methoxy groups -OCH3 is 2. The average molecular weight is 313 g/mol. The third-order valence-electron chi connectivity index (χ3n) is 3.67. The molecule has 120 valence electrons. The van der Waals surface area contributed by atoms with Gasteiger partial charge in [0.15, 0.2) is 11.5 Å². The highest BCUT2D eigenvalue weighted by Crippen LogP contribution is 2.46. The van der Waals surface area contributed by atoms with Crippen molar-refractivity contribution >= 4 is 17.1 Å². The topological polar surface area (TPSA) is 68.6 Å². The summed E-state index contributed by atoms with van der Waals surface area (Å²) in [4.78, 5) is 12.1. The molecule has 0 aliphatic heterocycles. The van der Waals surface area contributed by atoms with E-state index in [9.17, 15) is 10.1 Å². The van der Waals surface area contributed by atoms with Gasteiger partial charge in [0.1, 0.15) is 11.6 Å². The number of rotatable bonds is 5. The van der Waals surface area contributed by atoms with Gasteiger partial charge in [0, 0.05) is 0 Å². The summed E-state index contributed by atoms with van der Waals surface area (Å²) in [6.45, 7) is 6.21. The molecule has 0 atom stereocenters. The quantitative estimate of drug-likeness (QED) is 0.474. The van der Waals surface area contributed by atoms with Gasteiger partial charge in [-0.25, -0.2) is 4.79 Å². The SMILES string of the molecule is C=C1C/C(=C(/C#N)C(=O)OCCC)c2cc(OC)c(OC)cc21. The van der Waals surface area contributed by atoms with Crippen LogP contribution in [0.3, 0.4) is 0 Å². The molecule has 5 heteroatoms. The molecule has 0 aromatic heterocycles. The van der Waals surface area contributed by atoms with E-state index < -0.39 is 5.97 Å². The molecule has 0 fully saturated rings. The average Bonchev–Trinajstić information content (AvgIpc) is 2.88. The normalized spacial score (nSPS) is 14.8. The maximum atomic E-state index is 12.1. The number of ether oxygens (including phenoxy) is 3. The zero-order valence-electron chi connectivity index (χ0n) is 13.6. The van der Waals surface area contributed by atoms with Crippen molar-refractivity contribution in [2.75, 3.05) is 20.8 Å². The van der Waals surface area contributed by atoms with Crippen molar-refractivity contribution in [2.24, 2.45) is 0 Å². The van der Waals surface area contributed by atoms with Crippen LogP contribution in [0.15, 0.2) is 24.3 Å². The smallest absolute Gasteiger partial charge is 0.349 e. The maximum absolute atomic E-state index is 12.1. The van der Waals surface area contributed by atoms with Crippen LogP contribution in [-0.2, 0) is 9.53 Å². The van der Waals surface area contributed by atoms with Crippen LogP contribution in [0, 0.1) is 11.3 Å². The zero-order chi connectivity index (χ0) is 17.0. The number of allylic oxidation sites excluding steroid dienone is 2. The summed E-state index contributed by atoms with van der Waals surface area (Å²) < 4.78 is 15.7. The van der Waals surface area contributed by atoms with Crippen LogP contribution < -0.4 is 9.47 Å². The first-order chi connectivity index (χ1) is 11.1. The van der Waals surface area contributed by atoms with E-state index in [1.54, 1.807) is 13.2 Å². The fourth-order valence-electron chi connectivity index (χ4n) is 2.55. The Morgan fingerprint density at radius 1 is 1.26 bits per heavy atom. The molecule has 0 unspecified atom stereocenters. The minimum Gasteiger partial charge on any atom is -0.493 e. The van der Waals surface area contributed by atoms with Crippen molar-refractivity contribution < 1.29 is 19.0 Å². The highest BCUT2D eigenvalue weighted by molar-refractivity contribution is 6.07. The molecule has 0 bridgehead atoms. The van der Waals surface area contributed by atoms with E-state index in [1.807, 2.05) is 19.1 Å². The Hall–Kier alpha value is -2.74. The van der Waals surface area contributed by atoms with Crippen LogP contribution in [0.25, 0.3) is 11.1 Å². The third kappa shape index (κ3) is 3.07. The molecule has 1 aromatic carbocycles. The number of esters is 1. The number of nitriles is 1. The lowest BCUT2D eigenvalue weighted by molar-refractivity contribution is -0.138. The van der Waals surface area contributed by atoms with Gasteiger partial charge in [-0.05, 0) is 47.2 Å². The fourth-order valence-corrected chi connectivity index (χ4v) is 2.55. The number of fused-ring (bicyclic) bond motifs is 1. The van der Waals surface area contributed by atoms with Crippen molar-refractivity contribution in [3.63, 3.8) is 0 Å². The number of carbonyl (C=O) groups is 1. The van der Waals surface area contributed by atoms with E-state index in [-0.39, 0.29) is 12.2 Å². The molecule has 5 nitrogen and oxygen atoms in total. The first-order valence-electron chi connectivity index (χ1n) is 7.32. The molecular weight excluding hydrogens is 294 g/mol. The predicted octanol–water partition coefficient (Wildman–Crippen LogP) is 3.35. The summed E-state index contributed by atoms with van der Waals surface area (Å²) in [5.41, 5.74) is 3.08. The number of nitrogens with zero attached hydrogens (tertiary/aromatic N) is 1. The first-order valence-corrected chi connectivity index (χ1v) is 7.32. The van der Waals surface area contributed by atoms with Crippen LogP contribution >= 0.6 is 0 Å². The van der Waals surface area contributed by atoms with Gasteiger partial charge in [0.2, 0.25) is 0 Å². The second-order valence-electron chi connectivity index (χ2n) is 5.13. The molecule has 1 aliphatic rings. The highest BCUT2D eigenvalue weighted by atomic mass is 16.5. The number of hydrogen-bond acceptors (Lipinski definition) is 5. The summed E-state index contributed by atoms with van der Waals surface area (Å²) >= 11 is 0. The minimum absolute atomic E-state index is 0.0190. The molecular formula is C18H19NO4. The summed E-state index contributed by atoms with van der Waals surface area (Å²) in [5.74, 6) is 0.526. The van der Waals surface area contributed by atoms with Crippen molar-refractivity contribution in [1.82, 2.24) is 0 Å². The highest BCUT2D eigenvalue weighted by Gasteiger charge is 2.28. The lowest BCUT2D eigenvalue weighted by Gasteiger charge is -2.11. The number of hydrogen-bond donors (Lipinski definition) is 0. The van der Waals surface area contributed by atoms with E-state index in [0.717, 1.165) is 16.7 Å². The van der Waals surface area contributed by atoms with Gasteiger partial charge >= 0.3 is 5.97 Å². The fraction of sp³-hybridized carbons (Fsp3) is 0.333. The molecule has 0 N–H and O–H groups in total. The van der Waals surface area contributed by atoms with E-state index in [0.29, 0.717) is 29.9 Å². The number of benzene rings is 1. The Labute approximate surface area is 135 Å². The van der Waals surface area contributed by atoms with E-state index in [1.165, 1.54) is 7.11 Å². The second kappa shape index (κ2) is 7.01. The van der Waals surface area contributed by atoms with Crippen molar-refractivity contribution in [1.29, 1.82) is 5.26 Å². The molecule has 0 amide bonds. The monoisotopic (exact) mass is 313 g/mol. The molecule has 0 saturated heterocycles. The Kier molecular flexibility index (Phi) is 5.07. The lowest BCUT2D eigenvalue weighted by atomic mass is 10.0. The minimum atomic E-state index is -0.597. The van der Waals surface area contributed by atoms with Gasteiger partial charge in [-0.1, -0.05) is 13.5 Å². The molecule has 0 saturated carbocycles. The van der Waals surface area contributed by atoms with E-state index >= 15 is 0 Å². The van der Waals surface area contributed by atoms with E-state index in [4.69, 9.17) is 14.2 Å². The molecule has 0 radical (unpaired) electrons. The summed E-state index contributed by atoms with van der Waals surface area (Å²) in [7, 11) is 3.10. The van der Waals surface area contributed by atoms with Crippen LogP contribution in [-0.4, -0.2) is 26.8 Å². The van der Waals surface area contributed by atoms with Gasteiger partial charge in [0.25, 0.3) is 0 Å². The maximum Gasteiger partial charge on any atom is 0.349 e. The number of carbonyl (C=O) groups excluding carboxylic acids is 1. The molecule has 23 heavy (non-hydrogen) atoms. The van der Waals surface area contributed by atoms with Crippen LogP contribution in [0.2, 0.25) is 0 Å². The van der Waals surface area contributed by atoms with Crippen LogP contribution in [0.1, 0.15) is 30.9 Å². The van der Waals surface area contributed by atoms with Gasteiger partial charge in [0.05, 0.1) is 20.8 Å². The lowest BCUT2D eigenvalue weighted by Crippen LogP contribution is -2.09. The van der Waals surface area contributed by atoms with Crippen molar-refractivity contribution in [3.8, 4) is 17.6 Å². The van der Waals surface area contributed by atoms with Crippen molar-refractivity contribution in [3.05, 3.63) is 35.4 Å². The Balaban J connectivity index is 2.57. The third-order valence-corrected chi connectivity index (χ3v) is 3.67. The molecule has 0 heterocycles. The standard InChI is InChI=1S/C18H19NO4/c1-5-6-23-18(20)15(10-19)13-7-11(2)12-8-16(21-3)17(22-4)9-14(12)13/h8-9H,2,5-7H2,1,3-4H3/b15-13+. The van der Waals surface area contributed by atoms with Crippen LogP contribution in [0.5, 0.6) is 11.5 Å². The predicted molar refractivity (Wildman–Crippen MR) is 87.0 cm³/mol. The van der Waals surface area contributed by atoms with Gasteiger partial charge < -0.3 is 14.2 Å². The van der Waals surface area contributed by atoms with E-state index in [2.05, 4.69) is 6.58 Å². The largest absolute Gasteiger partial charge is 0.493 e. The Morgan fingerprint density at radius 3 is 2.39 bits per heavy atom. The second-order valence-corrected chi connectivity index (χ2v) is 5.13. The Morgan fingerprint density at radius 2 is 1.87 bits per heavy atom. The first kappa shape index (κ1) is 16.6. The summed E-state index contributed by atoms with van der Waals surface area (Å²) in [6.07, 6.45) is 1.13. The van der Waals surface area contributed by atoms with Crippen molar-refractivity contribution in [2.45, 2.75) is 19.8 Å². The van der Waals surface area contributed by atoms with Gasteiger partial charge in [-0.3, -0.25) is 0 Å². The molecule has 0 spiro atoms. The van der Waals surface area contributed by atoms with Gasteiger partial charge in [-0.2, -0.15) is 5.26 Å². The zero-order valence-corrected chi connectivity index (χ0v) is 13.6. The summed E-state index contributed by atoms with van der Waals surface area (Å²) in [6, 6.07) is 5.56. The summed E-state index contributed by atoms with van der Waals surface area (Å²) in [5, 5.41) is 9.40. The Bertz CT molecular complexity index is 725. The molecule has 2 rings (SSSR count). The van der Waals surface area contributed by atoms with Crippen LogP contribution in [0.4, 0.5) is 0 Å².